The summed E-state index contributed by atoms with van der Waals surface area (Å²) in [5, 5.41) is 7.31. The molecule has 0 bridgehead atoms. The van der Waals surface area contributed by atoms with Crippen LogP contribution in [-0.2, 0) is 13.0 Å². The van der Waals surface area contributed by atoms with Crippen LogP contribution in [0, 0.1) is 12.8 Å². The Labute approximate surface area is 116 Å². The lowest BCUT2D eigenvalue weighted by atomic mass is 10.1. The Kier molecular flexibility index (Phi) is 5.67. The molecule has 1 unspecified atom stereocenters. The molecule has 1 aromatic rings. The third kappa shape index (κ3) is 5.03. The second-order valence-electron chi connectivity index (χ2n) is 4.72. The van der Waals surface area contributed by atoms with Crippen LogP contribution in [0.3, 0.4) is 0 Å². The molecule has 0 fully saturated rings. The topological polar surface area (TPSA) is 29.9 Å². The average Bonchev–Trinajstić information content (AvgIpc) is 2.55. The number of aryl methyl sites for hydroxylation is 2. The molecule has 1 heterocycles. The van der Waals surface area contributed by atoms with Crippen molar-refractivity contribution < 1.29 is 13.2 Å². The van der Waals surface area contributed by atoms with Crippen LogP contribution in [-0.4, -0.2) is 29.0 Å². The predicted molar refractivity (Wildman–Crippen MR) is 69.4 cm³/mol. The summed E-state index contributed by atoms with van der Waals surface area (Å²) in [6.07, 6.45) is -3.56. The molecule has 7 heteroatoms. The predicted octanol–water partition coefficient (Wildman–Crippen LogP) is 3.20. The van der Waals surface area contributed by atoms with Crippen molar-refractivity contribution in [1.82, 2.24) is 15.1 Å². The van der Waals surface area contributed by atoms with Gasteiger partial charge in [-0.25, -0.2) is 0 Å². The SMILES string of the molecule is CCn1nc(C)c(Cl)c1CC(C)CNCC(F)(F)F. The number of hydrogen-bond donors (Lipinski definition) is 1. The lowest BCUT2D eigenvalue weighted by Gasteiger charge is -2.15. The van der Waals surface area contributed by atoms with Crippen molar-refractivity contribution in [2.75, 3.05) is 13.1 Å². The Morgan fingerprint density at radius 1 is 1.42 bits per heavy atom. The molecule has 0 aliphatic carbocycles. The van der Waals surface area contributed by atoms with Crippen molar-refractivity contribution in [3.8, 4) is 0 Å². The largest absolute Gasteiger partial charge is 0.401 e. The van der Waals surface area contributed by atoms with E-state index in [4.69, 9.17) is 11.6 Å². The standard InChI is InChI=1S/C12H19ClF3N3/c1-4-19-10(11(13)9(3)18-19)5-8(2)6-17-7-12(14,15)16/h8,17H,4-7H2,1-3H3. The maximum atomic E-state index is 12.0. The molecule has 1 aromatic heterocycles. The fourth-order valence-corrected chi connectivity index (χ4v) is 2.14. The molecule has 1 atom stereocenters. The van der Waals surface area contributed by atoms with E-state index in [1.165, 1.54) is 0 Å². The minimum atomic E-state index is -4.17. The maximum Gasteiger partial charge on any atom is 0.401 e. The summed E-state index contributed by atoms with van der Waals surface area (Å²) in [6.45, 7) is 5.71. The smallest absolute Gasteiger partial charge is 0.308 e. The molecular weight excluding hydrogens is 279 g/mol. The third-order valence-electron chi connectivity index (χ3n) is 2.81. The highest BCUT2D eigenvalue weighted by molar-refractivity contribution is 6.31. The second kappa shape index (κ2) is 6.61. The Hall–Kier alpha value is -0.750. The molecule has 1 rings (SSSR count). The van der Waals surface area contributed by atoms with Gasteiger partial charge in [0, 0.05) is 6.54 Å². The zero-order chi connectivity index (χ0) is 14.6. The molecule has 0 saturated heterocycles. The van der Waals surface area contributed by atoms with Gasteiger partial charge >= 0.3 is 6.18 Å². The van der Waals surface area contributed by atoms with Crippen LogP contribution < -0.4 is 5.32 Å². The number of nitrogens with zero attached hydrogens (tertiary/aromatic N) is 2. The molecule has 3 nitrogen and oxygen atoms in total. The van der Waals surface area contributed by atoms with Crippen LogP contribution in [0.15, 0.2) is 0 Å². The van der Waals surface area contributed by atoms with Crippen LogP contribution in [0.5, 0.6) is 0 Å². The fourth-order valence-electron chi connectivity index (χ4n) is 1.93. The van der Waals surface area contributed by atoms with Crippen molar-refractivity contribution in [1.29, 1.82) is 0 Å². The van der Waals surface area contributed by atoms with E-state index in [0.717, 1.165) is 11.4 Å². The monoisotopic (exact) mass is 297 g/mol. The van der Waals surface area contributed by atoms with Crippen LogP contribution >= 0.6 is 11.6 Å². The highest BCUT2D eigenvalue weighted by Crippen LogP contribution is 2.23. The van der Waals surface area contributed by atoms with Gasteiger partial charge < -0.3 is 5.32 Å². The molecule has 0 saturated carbocycles. The van der Waals surface area contributed by atoms with Gasteiger partial charge in [-0.15, -0.1) is 0 Å². The minimum absolute atomic E-state index is 0.0567. The van der Waals surface area contributed by atoms with Crippen LogP contribution in [0.1, 0.15) is 25.2 Å². The molecule has 0 aromatic carbocycles. The lowest BCUT2D eigenvalue weighted by Crippen LogP contribution is -2.32. The van der Waals surface area contributed by atoms with E-state index in [1.807, 2.05) is 20.8 Å². The number of halogens is 4. The van der Waals surface area contributed by atoms with E-state index in [9.17, 15) is 13.2 Å². The number of alkyl halides is 3. The summed E-state index contributed by atoms with van der Waals surface area (Å²) < 4.78 is 37.9. The third-order valence-corrected chi connectivity index (χ3v) is 3.30. The van der Waals surface area contributed by atoms with E-state index in [0.29, 0.717) is 24.5 Å². The zero-order valence-electron chi connectivity index (χ0n) is 11.3. The van der Waals surface area contributed by atoms with E-state index < -0.39 is 12.7 Å². The number of nitrogens with one attached hydrogen (secondary N) is 1. The Morgan fingerprint density at radius 3 is 2.58 bits per heavy atom. The van der Waals surface area contributed by atoms with E-state index >= 15 is 0 Å². The van der Waals surface area contributed by atoms with Crippen LogP contribution in [0.4, 0.5) is 13.2 Å². The lowest BCUT2D eigenvalue weighted by molar-refractivity contribution is -0.125. The molecule has 0 aliphatic rings. The van der Waals surface area contributed by atoms with Gasteiger partial charge in [-0.1, -0.05) is 18.5 Å². The molecule has 110 valence electrons. The van der Waals surface area contributed by atoms with Gasteiger partial charge in [-0.3, -0.25) is 4.68 Å². The van der Waals surface area contributed by atoms with Gasteiger partial charge in [-0.05, 0) is 32.7 Å². The first kappa shape index (κ1) is 16.3. The quantitative estimate of drug-likeness (QED) is 0.874. The van der Waals surface area contributed by atoms with Gasteiger partial charge in [0.05, 0.1) is 23.0 Å². The highest BCUT2D eigenvalue weighted by atomic mass is 35.5. The van der Waals surface area contributed by atoms with Gasteiger partial charge in [0.15, 0.2) is 0 Å². The summed E-state index contributed by atoms with van der Waals surface area (Å²) in [7, 11) is 0. The first-order valence-corrected chi connectivity index (χ1v) is 6.61. The zero-order valence-corrected chi connectivity index (χ0v) is 12.1. The molecule has 19 heavy (non-hydrogen) atoms. The summed E-state index contributed by atoms with van der Waals surface area (Å²) in [5.41, 5.74) is 1.65. The number of aromatic nitrogens is 2. The number of hydrogen-bond acceptors (Lipinski definition) is 2. The summed E-state index contributed by atoms with van der Waals surface area (Å²) >= 11 is 6.16. The van der Waals surface area contributed by atoms with Crippen molar-refractivity contribution in [3.05, 3.63) is 16.4 Å². The van der Waals surface area contributed by atoms with Gasteiger partial charge in [0.2, 0.25) is 0 Å². The van der Waals surface area contributed by atoms with Crippen molar-refractivity contribution >= 4 is 11.6 Å². The maximum absolute atomic E-state index is 12.0. The van der Waals surface area contributed by atoms with Crippen molar-refractivity contribution in [2.24, 2.45) is 5.92 Å². The van der Waals surface area contributed by atoms with E-state index in [2.05, 4.69) is 10.4 Å². The van der Waals surface area contributed by atoms with Crippen molar-refractivity contribution in [3.63, 3.8) is 0 Å². The minimum Gasteiger partial charge on any atom is -0.308 e. The first-order valence-electron chi connectivity index (χ1n) is 6.23. The van der Waals surface area contributed by atoms with Gasteiger partial charge in [-0.2, -0.15) is 18.3 Å². The summed E-state index contributed by atoms with van der Waals surface area (Å²) in [5.74, 6) is 0.0567. The summed E-state index contributed by atoms with van der Waals surface area (Å²) in [6, 6.07) is 0. The number of rotatable bonds is 6. The molecule has 1 N–H and O–H groups in total. The van der Waals surface area contributed by atoms with Gasteiger partial charge in [0.1, 0.15) is 0 Å². The normalized spacial score (nSPS) is 13.8. The Bertz CT molecular complexity index is 415. The van der Waals surface area contributed by atoms with Crippen LogP contribution in [0.25, 0.3) is 0 Å². The van der Waals surface area contributed by atoms with Crippen molar-refractivity contribution in [2.45, 2.75) is 39.9 Å². The molecule has 0 spiro atoms. The van der Waals surface area contributed by atoms with E-state index in [1.54, 1.807) is 4.68 Å². The van der Waals surface area contributed by atoms with Gasteiger partial charge in [0.25, 0.3) is 0 Å². The first-order chi connectivity index (χ1) is 8.74. The molecule has 0 aliphatic heterocycles. The average molecular weight is 298 g/mol. The fraction of sp³-hybridized carbons (Fsp3) is 0.750. The van der Waals surface area contributed by atoms with E-state index in [-0.39, 0.29) is 5.92 Å². The summed E-state index contributed by atoms with van der Waals surface area (Å²) in [4.78, 5) is 0. The van der Waals surface area contributed by atoms with Crippen LogP contribution in [0.2, 0.25) is 5.02 Å². The Balaban J connectivity index is 2.55. The highest BCUT2D eigenvalue weighted by Gasteiger charge is 2.26. The molecule has 0 radical (unpaired) electrons. The molecular formula is C12H19ClF3N3. The Morgan fingerprint density at radius 2 is 2.05 bits per heavy atom. The second-order valence-corrected chi connectivity index (χ2v) is 5.10. The molecule has 0 amide bonds.